The lowest BCUT2D eigenvalue weighted by Crippen LogP contribution is -2.18. The average Bonchev–Trinajstić information content (AvgIpc) is 3.85. The minimum absolute atomic E-state index is 1.11. The highest BCUT2D eigenvalue weighted by molar-refractivity contribution is 8.00. The summed E-state index contributed by atoms with van der Waals surface area (Å²) in [5.74, 6) is 1.16. The molecule has 9 aromatic carbocycles. The summed E-state index contributed by atoms with van der Waals surface area (Å²) in [6, 6.07) is 77.3. The van der Waals surface area contributed by atoms with Crippen molar-refractivity contribution in [2.75, 3.05) is 9.80 Å². The van der Waals surface area contributed by atoms with Gasteiger partial charge in [0.1, 0.15) is 5.82 Å². The molecule has 0 saturated carbocycles. The van der Waals surface area contributed by atoms with Crippen molar-refractivity contribution in [1.29, 1.82) is 0 Å². The summed E-state index contributed by atoms with van der Waals surface area (Å²) in [6.07, 6.45) is 0. The van der Waals surface area contributed by atoms with Gasteiger partial charge in [-0.1, -0.05) is 151 Å². The van der Waals surface area contributed by atoms with Crippen LogP contribution < -0.4 is 9.80 Å². The summed E-state index contributed by atoms with van der Waals surface area (Å²) in [5.41, 5.74) is 10.4. The van der Waals surface area contributed by atoms with Crippen LogP contribution in [0.25, 0.3) is 58.7 Å². The molecular formula is C54H35N3S2. The number of thiophene rings is 1. The number of rotatable bonds is 6. The van der Waals surface area contributed by atoms with E-state index < -0.39 is 0 Å². The molecule has 0 atom stereocenters. The molecule has 0 saturated heterocycles. The van der Waals surface area contributed by atoms with Crippen LogP contribution in [0.4, 0.5) is 34.3 Å². The fourth-order valence-corrected chi connectivity index (χ4v) is 11.3. The van der Waals surface area contributed by atoms with Gasteiger partial charge < -0.3 is 4.90 Å². The Morgan fingerprint density at radius 2 is 1.10 bits per heavy atom. The normalized spacial score (nSPS) is 12.3. The molecule has 0 bridgehead atoms. The van der Waals surface area contributed by atoms with Crippen LogP contribution in [0.3, 0.4) is 0 Å². The summed E-state index contributed by atoms with van der Waals surface area (Å²) in [4.78, 5) is 7.36. The van der Waals surface area contributed by atoms with E-state index in [0.717, 1.165) is 34.3 Å². The zero-order chi connectivity index (χ0) is 38.9. The van der Waals surface area contributed by atoms with Gasteiger partial charge in [0.2, 0.25) is 0 Å². The van der Waals surface area contributed by atoms with Gasteiger partial charge >= 0.3 is 0 Å². The topological polar surface area (TPSA) is 11.4 Å². The first-order valence-corrected chi connectivity index (χ1v) is 21.6. The number of anilines is 6. The molecule has 1 aliphatic heterocycles. The van der Waals surface area contributed by atoms with Crippen LogP contribution in [0.2, 0.25) is 0 Å². The fourth-order valence-electron chi connectivity index (χ4n) is 8.91. The van der Waals surface area contributed by atoms with Crippen molar-refractivity contribution < 1.29 is 0 Å². The molecule has 0 radical (unpaired) electrons. The van der Waals surface area contributed by atoms with Gasteiger partial charge in [-0.05, 0) is 94.7 Å². The van der Waals surface area contributed by atoms with Crippen LogP contribution in [-0.4, -0.2) is 4.57 Å². The predicted molar refractivity (Wildman–Crippen MR) is 253 cm³/mol. The summed E-state index contributed by atoms with van der Waals surface area (Å²) >= 11 is 3.74. The number of hydrogen-bond donors (Lipinski definition) is 0. The van der Waals surface area contributed by atoms with Gasteiger partial charge in [-0.15, -0.1) is 11.3 Å². The molecular weight excluding hydrogens is 755 g/mol. The fraction of sp³-hybridized carbons (Fsp3) is 0. The van der Waals surface area contributed by atoms with E-state index in [1.807, 2.05) is 23.1 Å². The average molecular weight is 790 g/mol. The zero-order valence-electron chi connectivity index (χ0n) is 31.9. The molecule has 11 aromatic rings. The second-order valence-corrected chi connectivity index (χ2v) is 17.0. The van der Waals surface area contributed by atoms with E-state index in [1.54, 1.807) is 0 Å². The first-order chi connectivity index (χ1) is 29.3. The van der Waals surface area contributed by atoms with Gasteiger partial charge in [0.05, 0.1) is 26.5 Å². The number of fused-ring (bicyclic) bond motifs is 8. The largest absolute Gasteiger partial charge is 0.309 e. The van der Waals surface area contributed by atoms with Crippen molar-refractivity contribution in [3.63, 3.8) is 0 Å². The van der Waals surface area contributed by atoms with Gasteiger partial charge in [0.15, 0.2) is 0 Å². The molecule has 0 fully saturated rings. The molecule has 2 aromatic heterocycles. The minimum atomic E-state index is 1.11. The Kier molecular flexibility index (Phi) is 7.96. The molecule has 0 aliphatic carbocycles. The van der Waals surface area contributed by atoms with Crippen LogP contribution in [-0.2, 0) is 0 Å². The van der Waals surface area contributed by atoms with E-state index >= 15 is 0 Å². The lowest BCUT2D eigenvalue weighted by Gasteiger charge is -2.34. The van der Waals surface area contributed by atoms with Gasteiger partial charge in [-0.2, -0.15) is 0 Å². The van der Waals surface area contributed by atoms with Crippen molar-refractivity contribution in [3.8, 4) is 16.8 Å². The third-order valence-electron chi connectivity index (χ3n) is 11.6. The molecule has 3 heterocycles. The molecule has 3 nitrogen and oxygen atoms in total. The highest BCUT2D eigenvalue weighted by Gasteiger charge is 2.33. The minimum Gasteiger partial charge on any atom is -0.309 e. The Morgan fingerprint density at radius 1 is 0.458 bits per heavy atom. The SMILES string of the molecule is c1ccc(N2c3ccc(N(c4ccc(-c5cccc6ccccc56)cc4)c4cccc5c4sc4ccccc45)cc3Sc3c2n(-c2ccccc2)c2ccccc32)cc1. The van der Waals surface area contributed by atoms with Crippen LogP contribution in [0.1, 0.15) is 0 Å². The molecule has 0 amide bonds. The Bertz CT molecular complexity index is 3360. The molecule has 59 heavy (non-hydrogen) atoms. The van der Waals surface area contributed by atoms with Crippen LogP contribution in [0.5, 0.6) is 0 Å². The highest BCUT2D eigenvalue weighted by Crippen LogP contribution is 2.57. The molecule has 5 heteroatoms. The molecule has 0 spiro atoms. The summed E-state index contributed by atoms with van der Waals surface area (Å²) < 4.78 is 4.99. The van der Waals surface area contributed by atoms with Crippen molar-refractivity contribution in [3.05, 3.63) is 212 Å². The third-order valence-corrected chi connectivity index (χ3v) is 13.9. The van der Waals surface area contributed by atoms with Crippen molar-refractivity contribution in [2.24, 2.45) is 0 Å². The van der Waals surface area contributed by atoms with Crippen LogP contribution in [0, 0.1) is 0 Å². The summed E-state index contributed by atoms with van der Waals surface area (Å²) in [5, 5.41) is 6.32. The van der Waals surface area contributed by atoms with Crippen LogP contribution >= 0.6 is 23.1 Å². The Morgan fingerprint density at radius 3 is 1.93 bits per heavy atom. The quantitative estimate of drug-likeness (QED) is 0.166. The smallest absolute Gasteiger partial charge is 0.137 e. The molecule has 1 aliphatic rings. The maximum Gasteiger partial charge on any atom is 0.137 e. The second kappa shape index (κ2) is 13.8. The zero-order valence-corrected chi connectivity index (χ0v) is 33.5. The van der Waals surface area contributed by atoms with Crippen molar-refractivity contribution >= 4 is 99.2 Å². The number of hydrogen-bond acceptors (Lipinski definition) is 4. The van der Waals surface area contributed by atoms with E-state index in [0.29, 0.717) is 0 Å². The first-order valence-electron chi connectivity index (χ1n) is 19.9. The summed E-state index contributed by atoms with van der Waals surface area (Å²) in [7, 11) is 0. The van der Waals surface area contributed by atoms with Crippen molar-refractivity contribution in [1.82, 2.24) is 4.57 Å². The Hall–Kier alpha value is -7.05. The van der Waals surface area contributed by atoms with E-state index in [-0.39, 0.29) is 0 Å². The van der Waals surface area contributed by atoms with Gasteiger partial charge in [0, 0.05) is 48.5 Å². The Labute approximate surface area is 350 Å². The molecule has 278 valence electrons. The number of para-hydroxylation sites is 3. The molecule has 0 N–H and O–H groups in total. The monoisotopic (exact) mass is 789 g/mol. The standard InChI is InChI=1S/C54H35N3S2/c1-3-17-38(18-4-1)56-47-26-11-9-23-46(47)53-54(56)57(39-19-5-2-6-20-39)48-34-33-41(35-51(48)59-53)55(49-27-14-25-45-44-22-10-12-28-50(44)58-52(45)49)40-31-29-37(30-32-40)43-24-13-16-36-15-7-8-21-42(36)43/h1-35H. The summed E-state index contributed by atoms with van der Waals surface area (Å²) in [6.45, 7) is 0. The maximum atomic E-state index is 2.46. The van der Waals surface area contributed by atoms with E-state index in [2.05, 4.69) is 227 Å². The lowest BCUT2D eigenvalue weighted by molar-refractivity contribution is 1.03. The van der Waals surface area contributed by atoms with Gasteiger partial charge in [-0.3, -0.25) is 9.47 Å². The number of aromatic nitrogens is 1. The molecule has 0 unspecified atom stereocenters. The second-order valence-electron chi connectivity index (χ2n) is 14.9. The van der Waals surface area contributed by atoms with Crippen LogP contribution in [0.15, 0.2) is 222 Å². The third kappa shape index (κ3) is 5.50. The first kappa shape index (κ1) is 34.0. The van der Waals surface area contributed by atoms with E-state index in [1.165, 1.54) is 68.5 Å². The van der Waals surface area contributed by atoms with E-state index in [4.69, 9.17) is 0 Å². The molecule has 12 rings (SSSR count). The van der Waals surface area contributed by atoms with Gasteiger partial charge in [0.25, 0.3) is 0 Å². The maximum absolute atomic E-state index is 2.46. The number of nitrogens with zero attached hydrogens (tertiary/aromatic N) is 3. The highest BCUT2D eigenvalue weighted by atomic mass is 32.2. The Balaban J connectivity index is 1.07. The van der Waals surface area contributed by atoms with Gasteiger partial charge in [-0.25, -0.2) is 0 Å². The number of benzene rings is 9. The van der Waals surface area contributed by atoms with Crippen molar-refractivity contribution in [2.45, 2.75) is 9.79 Å². The predicted octanol–water partition coefficient (Wildman–Crippen LogP) is 16.2. The van der Waals surface area contributed by atoms with E-state index in [9.17, 15) is 0 Å². The lowest BCUT2D eigenvalue weighted by atomic mass is 9.98.